The minimum atomic E-state index is -0.208. The summed E-state index contributed by atoms with van der Waals surface area (Å²) >= 11 is -0.208. The van der Waals surface area contributed by atoms with Gasteiger partial charge in [0.25, 0.3) is 0 Å². The Bertz CT molecular complexity index is 263. The number of hydrogen-bond donors (Lipinski definition) is 0. The van der Waals surface area contributed by atoms with E-state index in [0.717, 1.165) is 11.8 Å². The molecule has 0 aliphatic carbocycles. The van der Waals surface area contributed by atoms with Crippen LogP contribution in [0.5, 0.6) is 0 Å². The fourth-order valence-corrected chi connectivity index (χ4v) is 7.64. The van der Waals surface area contributed by atoms with Gasteiger partial charge in [0.1, 0.15) is 0 Å². The predicted octanol–water partition coefficient (Wildman–Crippen LogP) is 7.45. The summed E-state index contributed by atoms with van der Waals surface area (Å²) in [7, 11) is 0. The van der Waals surface area contributed by atoms with Crippen LogP contribution in [0.2, 0.25) is 10.0 Å². The van der Waals surface area contributed by atoms with E-state index in [-0.39, 0.29) is 17.1 Å². The summed E-state index contributed by atoms with van der Waals surface area (Å²) in [6.07, 6.45) is 13.2. The van der Waals surface area contributed by atoms with Gasteiger partial charge in [-0.3, -0.25) is 0 Å². The van der Waals surface area contributed by atoms with E-state index in [4.69, 9.17) is 0 Å². The first kappa shape index (κ1) is 21.1. The molecule has 2 atom stereocenters. The van der Waals surface area contributed by atoms with Crippen molar-refractivity contribution in [2.45, 2.75) is 90.1 Å². The molecular weight excluding hydrogens is 306 g/mol. The Labute approximate surface area is 142 Å². The predicted molar refractivity (Wildman–Crippen MR) is 94.5 cm³/mol. The number of rotatable bonds is 12. The number of hydrogen-bond acceptors (Lipinski definition) is 0. The zero-order valence-electron chi connectivity index (χ0n) is 15.7. The van der Waals surface area contributed by atoms with Gasteiger partial charge in [0.2, 0.25) is 0 Å². The third-order valence-corrected chi connectivity index (χ3v) is 8.13. The molecule has 0 rings (SSSR count). The minimum absolute atomic E-state index is 0.208. The molecule has 2 unspecified atom stereocenters. The van der Waals surface area contributed by atoms with E-state index in [2.05, 4.69) is 53.7 Å². The van der Waals surface area contributed by atoms with Gasteiger partial charge in [0.05, 0.1) is 0 Å². The van der Waals surface area contributed by atoms with Gasteiger partial charge in [-0.1, -0.05) is 0 Å². The Morgan fingerprint density at radius 1 is 0.714 bits per heavy atom. The molecule has 0 bridgehead atoms. The van der Waals surface area contributed by atoms with Crippen LogP contribution in [0.3, 0.4) is 0 Å². The fourth-order valence-electron chi connectivity index (χ4n) is 2.76. The van der Waals surface area contributed by atoms with E-state index in [0.29, 0.717) is 0 Å². The van der Waals surface area contributed by atoms with Crippen molar-refractivity contribution in [1.82, 2.24) is 0 Å². The molecule has 0 N–H and O–H groups in total. The zero-order valence-corrected chi connectivity index (χ0v) is 18.6. The molecule has 0 saturated carbocycles. The molecule has 0 aliphatic heterocycles. The van der Waals surface area contributed by atoms with Crippen molar-refractivity contribution in [2.75, 3.05) is 0 Å². The summed E-state index contributed by atoms with van der Waals surface area (Å²) < 4.78 is 0. The second-order valence-corrected chi connectivity index (χ2v) is 12.0. The van der Waals surface area contributed by atoms with Crippen LogP contribution < -0.4 is 0 Å². The summed E-state index contributed by atoms with van der Waals surface area (Å²) in [5.74, 6) is 1.89. The van der Waals surface area contributed by atoms with Crippen molar-refractivity contribution in [3.8, 4) is 0 Å². The summed E-state index contributed by atoms with van der Waals surface area (Å²) in [6.45, 7) is 13.7. The van der Waals surface area contributed by atoms with Gasteiger partial charge in [-0.15, -0.1) is 0 Å². The van der Waals surface area contributed by atoms with Gasteiger partial charge >= 0.3 is 142 Å². The van der Waals surface area contributed by atoms with Crippen LogP contribution in [0.1, 0.15) is 80.1 Å². The zero-order chi connectivity index (χ0) is 16.1. The van der Waals surface area contributed by atoms with Crippen molar-refractivity contribution in [3.63, 3.8) is 0 Å². The Kier molecular flexibility index (Phi) is 13.8. The van der Waals surface area contributed by atoms with Crippen molar-refractivity contribution < 1.29 is 17.1 Å². The van der Waals surface area contributed by atoms with Crippen LogP contribution in [0.25, 0.3) is 0 Å². The molecule has 0 amide bonds. The normalized spacial score (nSPS) is 13.2. The topological polar surface area (TPSA) is 0 Å². The maximum atomic E-state index is 2.45. The van der Waals surface area contributed by atoms with Gasteiger partial charge in [-0.2, -0.15) is 0 Å². The summed E-state index contributed by atoms with van der Waals surface area (Å²) in [5, 5.41) is 3.23. The Morgan fingerprint density at radius 3 is 1.43 bits per heavy atom. The third kappa shape index (κ3) is 16.3. The Hall–Kier alpha value is 0.103. The van der Waals surface area contributed by atoms with Crippen molar-refractivity contribution in [1.29, 1.82) is 0 Å². The van der Waals surface area contributed by atoms with Crippen LogP contribution >= 0.6 is 0 Å². The van der Waals surface area contributed by atoms with E-state index in [1.165, 1.54) is 49.7 Å². The summed E-state index contributed by atoms with van der Waals surface area (Å²) in [4.78, 5) is 0. The Morgan fingerprint density at radius 2 is 1.10 bits per heavy atom. The molecule has 0 aromatic carbocycles. The quantitative estimate of drug-likeness (QED) is 0.196. The summed E-state index contributed by atoms with van der Waals surface area (Å²) in [5.41, 5.74) is 2.95. The first-order valence-corrected chi connectivity index (χ1v) is 13.4. The van der Waals surface area contributed by atoms with E-state index in [1.54, 1.807) is 10.0 Å². The van der Waals surface area contributed by atoms with Gasteiger partial charge in [0, 0.05) is 0 Å². The molecular formula is C20H38Zn. The van der Waals surface area contributed by atoms with E-state index < -0.39 is 0 Å². The van der Waals surface area contributed by atoms with Gasteiger partial charge in [-0.25, -0.2) is 0 Å². The van der Waals surface area contributed by atoms with Gasteiger partial charge in [0.15, 0.2) is 0 Å². The van der Waals surface area contributed by atoms with Crippen LogP contribution in [0.4, 0.5) is 0 Å². The molecule has 0 saturated heterocycles. The molecule has 0 aliphatic rings. The maximum absolute atomic E-state index is 2.45. The van der Waals surface area contributed by atoms with Crippen molar-refractivity contribution >= 4 is 0 Å². The van der Waals surface area contributed by atoms with Crippen LogP contribution in [0, 0.1) is 11.8 Å². The van der Waals surface area contributed by atoms with Crippen LogP contribution in [-0.4, -0.2) is 0 Å². The molecule has 0 fully saturated rings. The van der Waals surface area contributed by atoms with Crippen LogP contribution in [0.15, 0.2) is 23.3 Å². The molecule has 0 aromatic heterocycles. The molecule has 0 radical (unpaired) electrons. The number of allylic oxidation sites excluding steroid dienone is 4. The average molecular weight is 344 g/mol. The second kappa shape index (κ2) is 13.7. The molecule has 0 spiro atoms. The molecule has 21 heavy (non-hydrogen) atoms. The van der Waals surface area contributed by atoms with Crippen molar-refractivity contribution in [2.24, 2.45) is 11.8 Å². The van der Waals surface area contributed by atoms with E-state index >= 15 is 0 Å². The SMILES string of the molecule is CC(C)=CCCC(C)C[CH2][Zn][CH2]CC(C)CCC=C(C)C. The molecule has 0 nitrogen and oxygen atoms in total. The Balaban J connectivity index is 3.46. The van der Waals surface area contributed by atoms with Gasteiger partial charge in [-0.05, 0) is 0 Å². The second-order valence-electron chi connectivity index (χ2n) is 7.57. The first-order valence-electron chi connectivity index (χ1n) is 9.18. The third-order valence-electron chi connectivity index (χ3n) is 4.32. The molecule has 120 valence electrons. The van der Waals surface area contributed by atoms with E-state index in [1.807, 2.05) is 0 Å². The first-order chi connectivity index (χ1) is 9.91. The average Bonchev–Trinajstić information content (AvgIpc) is 2.37. The van der Waals surface area contributed by atoms with Crippen LogP contribution in [-0.2, 0) is 17.1 Å². The van der Waals surface area contributed by atoms with Gasteiger partial charge < -0.3 is 0 Å². The standard InChI is InChI=1S/2C10H19.Zn/c2*1-5-10(4)8-6-7-9(2)3;/h2*7,10H,1,5-6,8H2,2-4H3;. The molecule has 0 heterocycles. The van der Waals surface area contributed by atoms with E-state index in [9.17, 15) is 0 Å². The monoisotopic (exact) mass is 342 g/mol. The molecule has 1 heteroatoms. The van der Waals surface area contributed by atoms with Crippen molar-refractivity contribution in [3.05, 3.63) is 23.3 Å². The molecule has 0 aromatic rings. The summed E-state index contributed by atoms with van der Waals surface area (Å²) in [6, 6.07) is 0. The fraction of sp³-hybridized carbons (Fsp3) is 0.800.